The Morgan fingerprint density at radius 1 is 1.14 bits per heavy atom. The van der Waals surface area contributed by atoms with E-state index in [1.54, 1.807) is 0 Å². The molecular formula is C12H9BrO. The average molecular weight is 249 g/mol. The number of hydrogen-bond donors (Lipinski definition) is 0. The van der Waals surface area contributed by atoms with Gasteiger partial charge in [-0.3, -0.25) is 4.79 Å². The first-order valence-corrected chi connectivity index (χ1v) is 5.50. The molecule has 2 aromatic rings. The predicted molar refractivity (Wildman–Crippen MR) is 62.0 cm³/mol. The molecule has 14 heavy (non-hydrogen) atoms. The zero-order valence-electron chi connectivity index (χ0n) is 7.53. The smallest absolute Gasteiger partial charge is 0.150 e. The number of fused-ring (bicyclic) bond motifs is 1. The first-order valence-electron chi connectivity index (χ1n) is 4.38. The molecule has 0 N–H and O–H groups in total. The van der Waals surface area contributed by atoms with E-state index in [0.717, 1.165) is 22.8 Å². The molecule has 0 atom stereocenters. The summed E-state index contributed by atoms with van der Waals surface area (Å²) in [5.74, 6) is 0. The highest BCUT2D eigenvalue weighted by Gasteiger charge is 2.02. The molecule has 0 fully saturated rings. The second-order valence-electron chi connectivity index (χ2n) is 3.15. The SMILES string of the molecule is O=Cc1cc2ccccc2cc1CBr. The molecular weight excluding hydrogens is 240 g/mol. The van der Waals surface area contributed by atoms with Crippen LogP contribution in [0.4, 0.5) is 0 Å². The summed E-state index contributed by atoms with van der Waals surface area (Å²) >= 11 is 3.38. The van der Waals surface area contributed by atoms with Gasteiger partial charge >= 0.3 is 0 Å². The largest absolute Gasteiger partial charge is 0.298 e. The predicted octanol–water partition coefficient (Wildman–Crippen LogP) is 3.55. The van der Waals surface area contributed by atoms with Gasteiger partial charge in [0.05, 0.1) is 0 Å². The molecule has 2 rings (SSSR count). The molecule has 0 aromatic heterocycles. The van der Waals surface area contributed by atoms with Crippen LogP contribution >= 0.6 is 15.9 Å². The van der Waals surface area contributed by atoms with Crippen molar-refractivity contribution in [3.05, 3.63) is 47.5 Å². The van der Waals surface area contributed by atoms with E-state index in [9.17, 15) is 4.79 Å². The normalized spacial score (nSPS) is 10.4. The summed E-state index contributed by atoms with van der Waals surface area (Å²) in [6.45, 7) is 0. The molecule has 0 aliphatic rings. The summed E-state index contributed by atoms with van der Waals surface area (Å²) in [7, 11) is 0. The molecule has 0 unspecified atom stereocenters. The Bertz CT molecular complexity index is 477. The van der Waals surface area contributed by atoms with Crippen molar-refractivity contribution < 1.29 is 4.79 Å². The molecule has 1 nitrogen and oxygen atoms in total. The molecule has 0 spiro atoms. The Morgan fingerprint density at radius 3 is 2.36 bits per heavy atom. The molecule has 0 amide bonds. The van der Waals surface area contributed by atoms with Crippen LogP contribution in [-0.4, -0.2) is 6.29 Å². The molecule has 0 aliphatic carbocycles. The molecule has 0 aliphatic heterocycles. The van der Waals surface area contributed by atoms with Crippen LogP contribution in [0.3, 0.4) is 0 Å². The van der Waals surface area contributed by atoms with Gasteiger partial charge in [-0.05, 0) is 28.5 Å². The number of carbonyl (C=O) groups excluding carboxylic acids is 1. The second kappa shape index (κ2) is 3.93. The molecule has 2 aromatic carbocycles. The van der Waals surface area contributed by atoms with Crippen molar-refractivity contribution in [1.82, 2.24) is 0 Å². The first-order chi connectivity index (χ1) is 6.85. The lowest BCUT2D eigenvalue weighted by molar-refractivity contribution is 0.112. The highest BCUT2D eigenvalue weighted by atomic mass is 79.9. The number of alkyl halides is 1. The number of carbonyl (C=O) groups is 1. The van der Waals surface area contributed by atoms with Gasteiger partial charge in [-0.1, -0.05) is 40.2 Å². The highest BCUT2D eigenvalue weighted by Crippen LogP contribution is 2.20. The van der Waals surface area contributed by atoms with E-state index < -0.39 is 0 Å². The molecule has 0 bridgehead atoms. The molecule has 0 saturated carbocycles. The van der Waals surface area contributed by atoms with Gasteiger partial charge in [-0.15, -0.1) is 0 Å². The van der Waals surface area contributed by atoms with Crippen LogP contribution in [0.2, 0.25) is 0 Å². The minimum atomic E-state index is 0.714. The number of hydrogen-bond acceptors (Lipinski definition) is 1. The summed E-state index contributed by atoms with van der Waals surface area (Å²) in [5.41, 5.74) is 1.80. The van der Waals surface area contributed by atoms with Crippen LogP contribution < -0.4 is 0 Å². The lowest BCUT2D eigenvalue weighted by Gasteiger charge is -2.03. The van der Waals surface area contributed by atoms with Gasteiger partial charge in [0, 0.05) is 10.9 Å². The van der Waals surface area contributed by atoms with Crippen LogP contribution in [0, 0.1) is 0 Å². The minimum Gasteiger partial charge on any atom is -0.298 e. The molecule has 0 radical (unpaired) electrons. The summed E-state index contributed by atoms with van der Waals surface area (Å²) in [6.07, 6.45) is 0.906. The van der Waals surface area contributed by atoms with E-state index in [-0.39, 0.29) is 0 Å². The summed E-state index contributed by atoms with van der Waals surface area (Å²) in [5, 5.41) is 3.00. The second-order valence-corrected chi connectivity index (χ2v) is 3.71. The van der Waals surface area contributed by atoms with Gasteiger partial charge in [0.15, 0.2) is 0 Å². The summed E-state index contributed by atoms with van der Waals surface area (Å²) in [4.78, 5) is 10.8. The number of rotatable bonds is 2. The number of halogens is 1. The molecule has 0 saturated heterocycles. The van der Waals surface area contributed by atoms with E-state index in [1.165, 1.54) is 5.39 Å². The van der Waals surface area contributed by atoms with Crippen molar-refractivity contribution in [1.29, 1.82) is 0 Å². The van der Waals surface area contributed by atoms with E-state index in [1.807, 2.05) is 30.3 Å². The first kappa shape index (κ1) is 9.41. The Kier molecular flexibility index (Phi) is 2.64. The minimum absolute atomic E-state index is 0.714. The van der Waals surface area contributed by atoms with Crippen molar-refractivity contribution in [3.8, 4) is 0 Å². The van der Waals surface area contributed by atoms with Crippen LogP contribution in [0.25, 0.3) is 10.8 Å². The fourth-order valence-corrected chi connectivity index (χ4v) is 2.02. The summed E-state index contributed by atoms with van der Waals surface area (Å²) in [6, 6.07) is 12.0. The Labute approximate surface area is 90.9 Å². The van der Waals surface area contributed by atoms with Gasteiger partial charge in [-0.25, -0.2) is 0 Å². The average Bonchev–Trinajstić information content (AvgIpc) is 2.27. The third kappa shape index (κ3) is 1.58. The van der Waals surface area contributed by atoms with Crippen molar-refractivity contribution in [2.45, 2.75) is 5.33 Å². The van der Waals surface area contributed by atoms with Gasteiger partial charge in [0.1, 0.15) is 6.29 Å². The van der Waals surface area contributed by atoms with Crippen LogP contribution in [0.1, 0.15) is 15.9 Å². The van der Waals surface area contributed by atoms with Gasteiger partial charge in [0.25, 0.3) is 0 Å². The zero-order chi connectivity index (χ0) is 9.97. The van der Waals surface area contributed by atoms with Gasteiger partial charge in [-0.2, -0.15) is 0 Å². The standard InChI is InChI=1S/C12H9BrO/c13-7-11-5-9-3-1-2-4-10(9)6-12(11)8-14/h1-6,8H,7H2. The van der Waals surface area contributed by atoms with Crippen LogP contribution in [0.15, 0.2) is 36.4 Å². The molecule has 2 heteroatoms. The van der Waals surface area contributed by atoms with Crippen molar-refractivity contribution >= 4 is 33.0 Å². The number of aldehydes is 1. The fourth-order valence-electron chi connectivity index (χ4n) is 1.53. The third-order valence-corrected chi connectivity index (χ3v) is 2.88. The third-order valence-electron chi connectivity index (χ3n) is 2.28. The fraction of sp³-hybridized carbons (Fsp3) is 0.0833. The molecule has 70 valence electrons. The van der Waals surface area contributed by atoms with Crippen molar-refractivity contribution in [3.63, 3.8) is 0 Å². The number of benzene rings is 2. The quantitative estimate of drug-likeness (QED) is 0.587. The highest BCUT2D eigenvalue weighted by molar-refractivity contribution is 9.08. The Hall–Kier alpha value is -1.15. The van der Waals surface area contributed by atoms with Gasteiger partial charge in [0.2, 0.25) is 0 Å². The Morgan fingerprint density at radius 2 is 1.79 bits per heavy atom. The lowest BCUT2D eigenvalue weighted by atomic mass is 10.0. The topological polar surface area (TPSA) is 17.1 Å². The maximum absolute atomic E-state index is 10.8. The zero-order valence-corrected chi connectivity index (χ0v) is 9.12. The summed E-state index contributed by atoms with van der Waals surface area (Å²) < 4.78 is 0. The van der Waals surface area contributed by atoms with Gasteiger partial charge < -0.3 is 0 Å². The van der Waals surface area contributed by atoms with E-state index in [0.29, 0.717) is 5.33 Å². The molecule has 0 heterocycles. The van der Waals surface area contributed by atoms with E-state index in [4.69, 9.17) is 0 Å². The van der Waals surface area contributed by atoms with Crippen molar-refractivity contribution in [2.24, 2.45) is 0 Å². The van der Waals surface area contributed by atoms with Crippen LogP contribution in [0.5, 0.6) is 0 Å². The monoisotopic (exact) mass is 248 g/mol. The maximum Gasteiger partial charge on any atom is 0.150 e. The van der Waals surface area contributed by atoms with E-state index >= 15 is 0 Å². The van der Waals surface area contributed by atoms with E-state index in [2.05, 4.69) is 22.0 Å². The maximum atomic E-state index is 10.8. The lowest BCUT2D eigenvalue weighted by Crippen LogP contribution is -1.89. The van der Waals surface area contributed by atoms with Crippen molar-refractivity contribution in [2.75, 3.05) is 0 Å². The van der Waals surface area contributed by atoms with Crippen LogP contribution in [-0.2, 0) is 5.33 Å². The Balaban J connectivity index is 2.75.